The lowest BCUT2D eigenvalue weighted by Gasteiger charge is -1.99. The van der Waals surface area contributed by atoms with Crippen LogP contribution in [0.4, 0.5) is 5.69 Å². The molecule has 3 nitrogen and oxygen atoms in total. The van der Waals surface area contributed by atoms with E-state index in [1.807, 2.05) is 18.2 Å². The number of amides is 1. The van der Waals surface area contributed by atoms with Crippen LogP contribution in [-0.4, -0.2) is 6.41 Å². The molecule has 0 atom stereocenters. The summed E-state index contributed by atoms with van der Waals surface area (Å²) < 4.78 is 0. The highest BCUT2D eigenvalue weighted by Crippen LogP contribution is 2.08. The highest BCUT2D eigenvalue weighted by molar-refractivity contribution is 5.71. The van der Waals surface area contributed by atoms with E-state index in [4.69, 9.17) is 5.73 Å². The molecule has 1 radical (unpaired) electrons. The van der Waals surface area contributed by atoms with Crippen molar-refractivity contribution < 1.29 is 4.79 Å². The van der Waals surface area contributed by atoms with Crippen molar-refractivity contribution in [2.45, 2.75) is 6.54 Å². The summed E-state index contributed by atoms with van der Waals surface area (Å²) in [6.45, 7) is 0.481. The standard InChI is InChI=1S/C8H9N2O/c9-5-7-2-1-3-8(4-7)10-6-11/h1-4H,5,9H2,(H,10,11). The molecule has 0 aliphatic rings. The molecule has 0 aliphatic heterocycles. The van der Waals surface area contributed by atoms with Crippen LogP contribution in [0.2, 0.25) is 0 Å². The summed E-state index contributed by atoms with van der Waals surface area (Å²) in [5.74, 6) is 0. The third kappa shape index (κ3) is 2.05. The van der Waals surface area contributed by atoms with Crippen LogP contribution in [0.5, 0.6) is 0 Å². The predicted molar refractivity (Wildman–Crippen MR) is 43.6 cm³/mol. The monoisotopic (exact) mass is 149 g/mol. The van der Waals surface area contributed by atoms with Crippen molar-refractivity contribution in [1.82, 2.24) is 0 Å². The Morgan fingerprint density at radius 3 is 3.00 bits per heavy atom. The number of hydrogen-bond donors (Lipinski definition) is 2. The fourth-order valence-electron chi connectivity index (χ4n) is 0.835. The van der Waals surface area contributed by atoms with Crippen molar-refractivity contribution in [3.63, 3.8) is 0 Å². The first-order chi connectivity index (χ1) is 5.36. The second kappa shape index (κ2) is 3.73. The van der Waals surface area contributed by atoms with Gasteiger partial charge in [-0.3, -0.25) is 4.79 Å². The molecule has 0 unspecified atom stereocenters. The number of hydrogen-bond acceptors (Lipinski definition) is 2. The van der Waals surface area contributed by atoms with E-state index in [-0.39, 0.29) is 0 Å². The van der Waals surface area contributed by atoms with Gasteiger partial charge in [-0.15, -0.1) is 0 Å². The zero-order chi connectivity index (χ0) is 8.10. The molecule has 1 amide bonds. The van der Waals surface area contributed by atoms with Gasteiger partial charge in [-0.1, -0.05) is 12.1 Å². The lowest BCUT2D eigenvalue weighted by atomic mass is 10.2. The third-order valence-corrected chi connectivity index (χ3v) is 1.36. The molecule has 0 fully saturated rings. The molecule has 0 bridgehead atoms. The summed E-state index contributed by atoms with van der Waals surface area (Å²) in [6.07, 6.45) is 1.59. The number of carbonyl (C=O) groups excluding carboxylic acids is 1. The molecule has 0 heterocycles. The normalized spacial score (nSPS) is 9.18. The van der Waals surface area contributed by atoms with Gasteiger partial charge in [-0.25, -0.2) is 0 Å². The van der Waals surface area contributed by atoms with Crippen molar-refractivity contribution in [2.75, 3.05) is 5.32 Å². The largest absolute Gasteiger partial charge is 0.326 e. The van der Waals surface area contributed by atoms with Crippen LogP contribution in [-0.2, 0) is 11.3 Å². The summed E-state index contributed by atoms with van der Waals surface area (Å²) in [5.41, 5.74) is 7.10. The Kier molecular flexibility index (Phi) is 2.63. The van der Waals surface area contributed by atoms with E-state index in [0.29, 0.717) is 6.54 Å². The molecule has 0 saturated carbocycles. The van der Waals surface area contributed by atoms with Crippen LogP contribution in [0.25, 0.3) is 0 Å². The quantitative estimate of drug-likeness (QED) is 0.619. The van der Waals surface area contributed by atoms with E-state index in [9.17, 15) is 4.79 Å². The molecular weight excluding hydrogens is 140 g/mol. The lowest BCUT2D eigenvalue weighted by molar-refractivity contribution is 0.561. The Bertz CT molecular complexity index is 248. The summed E-state index contributed by atoms with van der Waals surface area (Å²) in [6, 6.07) is 7.33. The Labute approximate surface area is 65.2 Å². The van der Waals surface area contributed by atoms with E-state index >= 15 is 0 Å². The van der Waals surface area contributed by atoms with Gasteiger partial charge in [0.15, 0.2) is 0 Å². The van der Waals surface area contributed by atoms with Crippen molar-refractivity contribution in [3.05, 3.63) is 29.8 Å². The summed E-state index contributed by atoms with van der Waals surface area (Å²) in [7, 11) is 0. The molecular formula is C8H9N2O. The predicted octanol–water partition coefficient (Wildman–Crippen LogP) is 0.624. The number of benzene rings is 1. The molecule has 57 valence electrons. The zero-order valence-electron chi connectivity index (χ0n) is 6.00. The van der Waals surface area contributed by atoms with Crippen LogP contribution >= 0.6 is 0 Å². The van der Waals surface area contributed by atoms with Crippen LogP contribution in [0.3, 0.4) is 0 Å². The van der Waals surface area contributed by atoms with Crippen molar-refractivity contribution in [2.24, 2.45) is 5.73 Å². The number of rotatable bonds is 3. The van der Waals surface area contributed by atoms with E-state index in [1.165, 1.54) is 0 Å². The Morgan fingerprint density at radius 1 is 1.55 bits per heavy atom. The van der Waals surface area contributed by atoms with E-state index in [0.717, 1.165) is 11.3 Å². The maximum absolute atomic E-state index is 9.91. The summed E-state index contributed by atoms with van der Waals surface area (Å²) in [5, 5.41) is 2.42. The van der Waals surface area contributed by atoms with Gasteiger partial charge in [0.2, 0.25) is 0 Å². The topological polar surface area (TPSA) is 55.1 Å². The maximum atomic E-state index is 9.91. The first-order valence-electron chi connectivity index (χ1n) is 3.29. The Balaban J connectivity index is 2.82. The fraction of sp³-hybridized carbons (Fsp3) is 0.125. The van der Waals surface area contributed by atoms with Gasteiger partial charge in [0.25, 0.3) is 0 Å². The molecule has 0 saturated heterocycles. The molecule has 3 N–H and O–H groups in total. The van der Waals surface area contributed by atoms with Gasteiger partial charge in [-0.2, -0.15) is 0 Å². The third-order valence-electron chi connectivity index (χ3n) is 1.36. The Hall–Kier alpha value is -1.35. The molecule has 1 rings (SSSR count). The van der Waals surface area contributed by atoms with Gasteiger partial charge in [-0.05, 0) is 17.7 Å². The lowest BCUT2D eigenvalue weighted by Crippen LogP contribution is -1.98. The number of nitrogens with two attached hydrogens (primary N) is 1. The van der Waals surface area contributed by atoms with E-state index in [1.54, 1.807) is 12.5 Å². The number of anilines is 1. The second-order valence-electron chi connectivity index (χ2n) is 2.13. The highest BCUT2D eigenvalue weighted by atomic mass is 16.1. The van der Waals surface area contributed by atoms with Crippen LogP contribution in [0.1, 0.15) is 5.56 Å². The van der Waals surface area contributed by atoms with Gasteiger partial charge in [0.1, 0.15) is 0 Å². The molecule has 1 aromatic rings. The average molecular weight is 149 g/mol. The van der Waals surface area contributed by atoms with Gasteiger partial charge < -0.3 is 11.1 Å². The zero-order valence-corrected chi connectivity index (χ0v) is 6.00. The smallest absolute Gasteiger partial charge is 0.314 e. The van der Waals surface area contributed by atoms with Crippen molar-refractivity contribution in [1.29, 1.82) is 0 Å². The minimum Gasteiger partial charge on any atom is -0.326 e. The van der Waals surface area contributed by atoms with Crippen molar-refractivity contribution in [3.8, 4) is 0 Å². The van der Waals surface area contributed by atoms with Gasteiger partial charge in [0, 0.05) is 12.2 Å². The average Bonchev–Trinajstić information content (AvgIpc) is 2.06. The summed E-state index contributed by atoms with van der Waals surface area (Å²) in [4.78, 5) is 9.91. The first-order valence-corrected chi connectivity index (χ1v) is 3.29. The van der Waals surface area contributed by atoms with E-state index < -0.39 is 0 Å². The van der Waals surface area contributed by atoms with E-state index in [2.05, 4.69) is 5.32 Å². The van der Waals surface area contributed by atoms with Crippen LogP contribution in [0, 0.1) is 0 Å². The Morgan fingerprint density at radius 2 is 2.36 bits per heavy atom. The molecule has 0 aliphatic carbocycles. The van der Waals surface area contributed by atoms with Gasteiger partial charge >= 0.3 is 6.41 Å². The molecule has 0 aromatic heterocycles. The van der Waals surface area contributed by atoms with Crippen LogP contribution in [0.15, 0.2) is 24.3 Å². The highest BCUT2D eigenvalue weighted by Gasteiger charge is 1.91. The second-order valence-corrected chi connectivity index (χ2v) is 2.13. The minimum absolute atomic E-state index is 0.481. The fourth-order valence-corrected chi connectivity index (χ4v) is 0.835. The SMILES string of the molecule is NCc1cccc(N[C]=O)c1. The minimum atomic E-state index is 0.481. The molecule has 1 aromatic carbocycles. The van der Waals surface area contributed by atoms with Crippen molar-refractivity contribution >= 4 is 12.1 Å². The number of nitrogens with one attached hydrogen (secondary N) is 1. The first kappa shape index (κ1) is 7.75. The van der Waals surface area contributed by atoms with Gasteiger partial charge in [0.05, 0.1) is 0 Å². The molecule has 3 heteroatoms. The molecule has 0 spiro atoms. The molecule has 11 heavy (non-hydrogen) atoms. The van der Waals surface area contributed by atoms with Crippen LogP contribution < -0.4 is 11.1 Å². The summed E-state index contributed by atoms with van der Waals surface area (Å²) >= 11 is 0. The maximum Gasteiger partial charge on any atom is 0.314 e.